The molecule has 0 spiro atoms. The van der Waals surface area contributed by atoms with Crippen LogP contribution in [0, 0.1) is 6.92 Å². The summed E-state index contributed by atoms with van der Waals surface area (Å²) in [7, 11) is 0. The van der Waals surface area contributed by atoms with Gasteiger partial charge in [-0.2, -0.15) is 0 Å². The normalized spacial score (nSPS) is 12.8. The number of hydrogen-bond donors (Lipinski definition) is 1. The van der Waals surface area contributed by atoms with Crippen LogP contribution in [0.4, 0.5) is 0 Å². The lowest BCUT2D eigenvalue weighted by molar-refractivity contribution is 0.423. The third-order valence-electron chi connectivity index (χ3n) is 4.59. The maximum absolute atomic E-state index is 10.9. The monoisotopic (exact) mass is 337 g/mol. The van der Waals surface area contributed by atoms with Crippen LogP contribution in [-0.2, 0) is 10.8 Å². The number of benzene rings is 2. The van der Waals surface area contributed by atoms with Crippen LogP contribution in [-0.4, -0.2) is 10.1 Å². The molecule has 0 saturated heterocycles. The fourth-order valence-electron chi connectivity index (χ4n) is 3.11. The minimum atomic E-state index is -0.179. The molecule has 0 aliphatic carbocycles. The zero-order valence-electron chi connectivity index (χ0n) is 16.2. The van der Waals surface area contributed by atoms with Crippen LogP contribution < -0.4 is 0 Å². The van der Waals surface area contributed by atoms with Crippen LogP contribution >= 0.6 is 0 Å². The number of rotatable bonds is 1. The summed E-state index contributed by atoms with van der Waals surface area (Å²) in [5, 5.41) is 10.9. The summed E-state index contributed by atoms with van der Waals surface area (Å²) in [6, 6.07) is 9.96. The molecule has 0 bridgehead atoms. The SMILES string of the molecule is Cc1cccc2oc(-c3cc(C(C)(C)C)c(O)c(C(C)(C)C)c3)nc12. The highest BCUT2D eigenvalue weighted by molar-refractivity contribution is 5.79. The standard InChI is InChI=1S/C22H27NO2/c1-13-9-8-10-17-18(13)23-20(25-17)14-11-15(21(2,3)4)19(24)16(12-14)22(5,6)7/h8-12,24H,1-7H3. The first-order valence-corrected chi connectivity index (χ1v) is 8.73. The summed E-state index contributed by atoms with van der Waals surface area (Å²) in [4.78, 5) is 4.71. The smallest absolute Gasteiger partial charge is 0.227 e. The van der Waals surface area contributed by atoms with Crippen LogP contribution in [0.5, 0.6) is 5.75 Å². The molecule has 0 amide bonds. The molecule has 3 nitrogen and oxygen atoms in total. The molecule has 0 atom stereocenters. The van der Waals surface area contributed by atoms with Crippen molar-refractivity contribution >= 4 is 11.1 Å². The molecule has 0 radical (unpaired) electrons. The van der Waals surface area contributed by atoms with Gasteiger partial charge in [0.1, 0.15) is 11.3 Å². The molecule has 132 valence electrons. The second kappa shape index (κ2) is 5.62. The summed E-state index contributed by atoms with van der Waals surface area (Å²) in [5.74, 6) is 0.969. The van der Waals surface area contributed by atoms with Crippen molar-refractivity contribution in [1.29, 1.82) is 0 Å². The van der Waals surface area contributed by atoms with Gasteiger partial charge in [0.15, 0.2) is 5.58 Å². The average Bonchev–Trinajstić information content (AvgIpc) is 2.90. The highest BCUT2D eigenvalue weighted by Gasteiger charge is 2.27. The highest BCUT2D eigenvalue weighted by atomic mass is 16.3. The Balaban J connectivity index is 2.29. The van der Waals surface area contributed by atoms with Crippen LogP contribution in [0.2, 0.25) is 0 Å². The van der Waals surface area contributed by atoms with Gasteiger partial charge in [0.05, 0.1) is 0 Å². The van der Waals surface area contributed by atoms with E-state index in [2.05, 4.69) is 41.5 Å². The van der Waals surface area contributed by atoms with E-state index in [0.29, 0.717) is 11.6 Å². The largest absolute Gasteiger partial charge is 0.507 e. The number of aromatic nitrogens is 1. The molecule has 1 aromatic heterocycles. The van der Waals surface area contributed by atoms with Crippen molar-refractivity contribution in [2.75, 3.05) is 0 Å². The fraction of sp³-hybridized carbons (Fsp3) is 0.409. The predicted molar refractivity (Wildman–Crippen MR) is 103 cm³/mol. The van der Waals surface area contributed by atoms with Gasteiger partial charge in [-0.3, -0.25) is 0 Å². The van der Waals surface area contributed by atoms with Gasteiger partial charge in [-0.05, 0) is 41.5 Å². The third-order valence-corrected chi connectivity index (χ3v) is 4.59. The Morgan fingerprint density at radius 1 is 0.920 bits per heavy atom. The number of aromatic hydroxyl groups is 1. The van der Waals surface area contributed by atoms with E-state index in [4.69, 9.17) is 9.40 Å². The fourth-order valence-corrected chi connectivity index (χ4v) is 3.11. The number of fused-ring (bicyclic) bond motifs is 1. The first kappa shape index (κ1) is 17.5. The zero-order valence-corrected chi connectivity index (χ0v) is 16.2. The van der Waals surface area contributed by atoms with Crippen LogP contribution in [0.15, 0.2) is 34.7 Å². The quantitative estimate of drug-likeness (QED) is 0.583. The average molecular weight is 337 g/mol. The van der Waals surface area contributed by atoms with Gasteiger partial charge in [0.2, 0.25) is 5.89 Å². The molecular weight excluding hydrogens is 310 g/mol. The van der Waals surface area contributed by atoms with E-state index < -0.39 is 0 Å². The van der Waals surface area contributed by atoms with E-state index in [1.807, 2.05) is 37.3 Å². The molecule has 25 heavy (non-hydrogen) atoms. The van der Waals surface area contributed by atoms with E-state index in [1.54, 1.807) is 0 Å². The first-order chi connectivity index (χ1) is 11.5. The minimum Gasteiger partial charge on any atom is -0.507 e. The van der Waals surface area contributed by atoms with Crippen molar-refractivity contribution in [3.63, 3.8) is 0 Å². The lowest BCUT2D eigenvalue weighted by Crippen LogP contribution is -2.17. The summed E-state index contributed by atoms with van der Waals surface area (Å²) in [6.07, 6.45) is 0. The van der Waals surface area contributed by atoms with Crippen molar-refractivity contribution in [3.05, 3.63) is 47.0 Å². The van der Waals surface area contributed by atoms with Gasteiger partial charge in [-0.15, -0.1) is 0 Å². The Kier molecular flexibility index (Phi) is 3.94. The summed E-state index contributed by atoms with van der Waals surface area (Å²) >= 11 is 0. The molecule has 0 saturated carbocycles. The van der Waals surface area contributed by atoms with Crippen molar-refractivity contribution < 1.29 is 9.52 Å². The Morgan fingerprint density at radius 2 is 1.48 bits per heavy atom. The van der Waals surface area contributed by atoms with E-state index in [1.165, 1.54) is 0 Å². The number of hydrogen-bond acceptors (Lipinski definition) is 3. The highest BCUT2D eigenvalue weighted by Crippen LogP contribution is 2.42. The lowest BCUT2D eigenvalue weighted by atomic mass is 9.78. The van der Waals surface area contributed by atoms with Crippen molar-refractivity contribution in [3.8, 4) is 17.2 Å². The molecule has 3 rings (SSSR count). The minimum absolute atomic E-state index is 0.179. The first-order valence-electron chi connectivity index (χ1n) is 8.73. The number of oxazole rings is 1. The maximum atomic E-state index is 10.9. The number of phenols is 1. The van der Waals surface area contributed by atoms with E-state index in [9.17, 15) is 5.11 Å². The van der Waals surface area contributed by atoms with Crippen molar-refractivity contribution in [2.24, 2.45) is 0 Å². The summed E-state index contributed by atoms with van der Waals surface area (Å²) in [5.41, 5.74) is 5.15. The number of nitrogens with zero attached hydrogens (tertiary/aromatic N) is 1. The van der Waals surface area contributed by atoms with Gasteiger partial charge >= 0.3 is 0 Å². The van der Waals surface area contributed by atoms with Gasteiger partial charge in [0, 0.05) is 16.7 Å². The van der Waals surface area contributed by atoms with Crippen molar-refractivity contribution in [2.45, 2.75) is 59.3 Å². The molecular formula is C22H27NO2. The van der Waals surface area contributed by atoms with Gasteiger partial charge in [-0.25, -0.2) is 4.98 Å². The Morgan fingerprint density at radius 3 is 1.96 bits per heavy atom. The second-order valence-corrected chi connectivity index (χ2v) is 8.86. The molecule has 1 N–H and O–H groups in total. The molecule has 3 aromatic rings. The van der Waals surface area contributed by atoms with Crippen molar-refractivity contribution in [1.82, 2.24) is 4.98 Å². The predicted octanol–water partition coefficient (Wildman–Crippen LogP) is 6.10. The molecule has 1 heterocycles. The van der Waals surface area contributed by atoms with Gasteiger partial charge < -0.3 is 9.52 Å². The maximum Gasteiger partial charge on any atom is 0.227 e. The van der Waals surface area contributed by atoms with E-state index >= 15 is 0 Å². The van der Waals surface area contributed by atoms with E-state index in [0.717, 1.165) is 33.4 Å². The molecule has 3 heteroatoms. The summed E-state index contributed by atoms with van der Waals surface area (Å²) in [6.45, 7) is 14.7. The Hall–Kier alpha value is -2.29. The Bertz CT molecular complexity index is 902. The van der Waals surface area contributed by atoms with Crippen LogP contribution in [0.1, 0.15) is 58.2 Å². The van der Waals surface area contributed by atoms with Crippen LogP contribution in [0.25, 0.3) is 22.6 Å². The third kappa shape index (κ3) is 3.15. The number of aryl methyl sites for hydroxylation is 1. The molecule has 0 unspecified atom stereocenters. The molecule has 2 aromatic carbocycles. The lowest BCUT2D eigenvalue weighted by Gasteiger charge is -2.27. The number of para-hydroxylation sites is 1. The number of phenolic OH excluding ortho intramolecular Hbond substituents is 1. The molecule has 0 aliphatic heterocycles. The van der Waals surface area contributed by atoms with E-state index in [-0.39, 0.29) is 10.8 Å². The molecule has 0 aliphatic rings. The summed E-state index contributed by atoms with van der Waals surface area (Å²) < 4.78 is 6.02. The molecule has 0 fully saturated rings. The zero-order chi connectivity index (χ0) is 18.6. The topological polar surface area (TPSA) is 46.3 Å². The second-order valence-electron chi connectivity index (χ2n) is 8.86. The van der Waals surface area contributed by atoms with Crippen LogP contribution in [0.3, 0.4) is 0 Å². The van der Waals surface area contributed by atoms with Gasteiger partial charge in [0.25, 0.3) is 0 Å². The van der Waals surface area contributed by atoms with Gasteiger partial charge in [-0.1, -0.05) is 53.7 Å². The Labute approximate surface area is 149 Å².